The highest BCUT2D eigenvalue weighted by molar-refractivity contribution is 14.1. The number of thiophene rings is 1. The number of hydrogen-bond acceptors (Lipinski definition) is 3. The van der Waals surface area contributed by atoms with Gasteiger partial charge in [0.05, 0.1) is 20.4 Å². The van der Waals surface area contributed by atoms with Crippen LogP contribution in [0.3, 0.4) is 0 Å². The van der Waals surface area contributed by atoms with Crippen LogP contribution in [0.15, 0.2) is 11.4 Å². The molecule has 0 atom stereocenters. The van der Waals surface area contributed by atoms with Crippen molar-refractivity contribution in [3.63, 3.8) is 0 Å². The van der Waals surface area contributed by atoms with Crippen LogP contribution in [0.25, 0.3) is 0 Å². The Kier molecular flexibility index (Phi) is 3.72. The third kappa shape index (κ3) is 2.98. The summed E-state index contributed by atoms with van der Waals surface area (Å²) in [6.45, 7) is 0. The standard InChI is InChI=1S/C11H12INO3S/c12-8-4-7(6-17-8)10(16)13-11(2-1-3-11)5-9(14)15/h4,6H,1-3,5H2,(H,13,16)(H,14,15). The summed E-state index contributed by atoms with van der Waals surface area (Å²) >= 11 is 3.67. The molecule has 0 radical (unpaired) electrons. The highest BCUT2D eigenvalue weighted by atomic mass is 127. The lowest BCUT2D eigenvalue weighted by atomic mass is 9.74. The van der Waals surface area contributed by atoms with Gasteiger partial charge in [-0.25, -0.2) is 0 Å². The SMILES string of the molecule is O=C(O)CC1(NC(=O)c2csc(I)c2)CCC1. The van der Waals surface area contributed by atoms with Gasteiger partial charge in [-0.2, -0.15) is 0 Å². The van der Waals surface area contributed by atoms with Crippen molar-refractivity contribution >= 4 is 45.8 Å². The van der Waals surface area contributed by atoms with E-state index in [1.807, 2.05) is 6.07 Å². The molecule has 1 amide bonds. The van der Waals surface area contributed by atoms with Gasteiger partial charge in [0.15, 0.2) is 0 Å². The lowest BCUT2D eigenvalue weighted by Gasteiger charge is -2.41. The minimum Gasteiger partial charge on any atom is -0.481 e. The van der Waals surface area contributed by atoms with Gasteiger partial charge in [0.1, 0.15) is 0 Å². The van der Waals surface area contributed by atoms with E-state index in [0.29, 0.717) is 5.56 Å². The molecule has 2 rings (SSSR count). The van der Waals surface area contributed by atoms with Crippen LogP contribution in [0.5, 0.6) is 0 Å². The van der Waals surface area contributed by atoms with Gasteiger partial charge in [-0.1, -0.05) is 0 Å². The van der Waals surface area contributed by atoms with Gasteiger partial charge >= 0.3 is 5.97 Å². The van der Waals surface area contributed by atoms with Crippen molar-refractivity contribution in [3.8, 4) is 0 Å². The van der Waals surface area contributed by atoms with Gasteiger partial charge in [0, 0.05) is 5.38 Å². The number of aliphatic carboxylic acids is 1. The van der Waals surface area contributed by atoms with Crippen molar-refractivity contribution in [2.75, 3.05) is 0 Å². The summed E-state index contributed by atoms with van der Waals surface area (Å²) in [5, 5.41) is 13.5. The second kappa shape index (κ2) is 4.93. The molecular formula is C11H12INO3S. The van der Waals surface area contributed by atoms with E-state index < -0.39 is 11.5 Å². The Hall–Kier alpha value is -0.630. The maximum absolute atomic E-state index is 11.9. The monoisotopic (exact) mass is 365 g/mol. The first kappa shape index (κ1) is 12.8. The number of carboxylic acids is 1. The van der Waals surface area contributed by atoms with Crippen LogP contribution in [-0.2, 0) is 4.79 Å². The molecule has 17 heavy (non-hydrogen) atoms. The van der Waals surface area contributed by atoms with E-state index in [1.54, 1.807) is 5.38 Å². The smallest absolute Gasteiger partial charge is 0.305 e. The molecule has 0 aliphatic heterocycles. The largest absolute Gasteiger partial charge is 0.481 e. The Bertz CT molecular complexity index is 453. The number of amides is 1. The first-order valence-electron chi connectivity index (χ1n) is 5.29. The van der Waals surface area contributed by atoms with Crippen LogP contribution in [0.1, 0.15) is 36.0 Å². The van der Waals surface area contributed by atoms with Crippen LogP contribution in [-0.4, -0.2) is 22.5 Å². The minimum atomic E-state index is -0.857. The quantitative estimate of drug-likeness (QED) is 0.806. The maximum Gasteiger partial charge on any atom is 0.305 e. The Morgan fingerprint density at radius 2 is 2.24 bits per heavy atom. The molecular weight excluding hydrogens is 353 g/mol. The number of carbonyl (C=O) groups excluding carboxylic acids is 1. The van der Waals surface area contributed by atoms with Crippen molar-refractivity contribution < 1.29 is 14.7 Å². The first-order valence-corrected chi connectivity index (χ1v) is 7.25. The average molecular weight is 365 g/mol. The molecule has 1 aliphatic carbocycles. The fourth-order valence-electron chi connectivity index (χ4n) is 1.98. The van der Waals surface area contributed by atoms with Crippen molar-refractivity contribution in [1.29, 1.82) is 0 Å². The molecule has 1 aliphatic rings. The van der Waals surface area contributed by atoms with Gasteiger partial charge in [-0.05, 0) is 47.9 Å². The minimum absolute atomic E-state index is 0.0139. The number of carbonyl (C=O) groups is 2. The van der Waals surface area contributed by atoms with E-state index in [1.165, 1.54) is 11.3 Å². The summed E-state index contributed by atoms with van der Waals surface area (Å²) in [6, 6.07) is 1.81. The lowest BCUT2D eigenvalue weighted by molar-refractivity contribution is -0.139. The Balaban J connectivity index is 2.04. The normalized spacial score (nSPS) is 17.2. The molecule has 6 heteroatoms. The van der Waals surface area contributed by atoms with Gasteiger partial charge < -0.3 is 10.4 Å². The van der Waals surface area contributed by atoms with E-state index in [0.717, 1.165) is 22.1 Å². The molecule has 1 aromatic rings. The third-order valence-electron chi connectivity index (χ3n) is 3.01. The zero-order valence-electron chi connectivity index (χ0n) is 9.03. The average Bonchev–Trinajstić information content (AvgIpc) is 2.60. The molecule has 1 heterocycles. The molecule has 0 aromatic carbocycles. The Morgan fingerprint density at radius 1 is 1.53 bits per heavy atom. The molecule has 4 nitrogen and oxygen atoms in total. The van der Waals surface area contributed by atoms with E-state index in [-0.39, 0.29) is 12.3 Å². The zero-order chi connectivity index (χ0) is 12.5. The van der Waals surface area contributed by atoms with Gasteiger partial charge in [-0.15, -0.1) is 11.3 Å². The molecule has 1 saturated carbocycles. The summed E-state index contributed by atoms with van der Waals surface area (Å²) in [5.41, 5.74) is 0.104. The molecule has 92 valence electrons. The molecule has 0 bridgehead atoms. The summed E-state index contributed by atoms with van der Waals surface area (Å²) in [5.74, 6) is -1.02. The topological polar surface area (TPSA) is 66.4 Å². The number of halogens is 1. The summed E-state index contributed by atoms with van der Waals surface area (Å²) in [7, 11) is 0. The van der Waals surface area contributed by atoms with Gasteiger partial charge in [0.2, 0.25) is 0 Å². The molecule has 1 fully saturated rings. The van der Waals surface area contributed by atoms with E-state index >= 15 is 0 Å². The first-order chi connectivity index (χ1) is 8.01. The molecule has 0 saturated heterocycles. The van der Waals surface area contributed by atoms with Crippen LogP contribution in [0, 0.1) is 2.88 Å². The van der Waals surface area contributed by atoms with Crippen LogP contribution < -0.4 is 5.32 Å². The van der Waals surface area contributed by atoms with E-state index in [9.17, 15) is 9.59 Å². The van der Waals surface area contributed by atoms with Crippen molar-refractivity contribution in [1.82, 2.24) is 5.32 Å². The summed E-state index contributed by atoms with van der Waals surface area (Å²) in [6.07, 6.45) is 2.51. The Labute approximate surface area is 117 Å². The summed E-state index contributed by atoms with van der Waals surface area (Å²) < 4.78 is 1.05. The highest BCUT2D eigenvalue weighted by Gasteiger charge is 2.40. The fourth-order valence-corrected chi connectivity index (χ4v) is 3.31. The van der Waals surface area contributed by atoms with Gasteiger partial charge in [-0.3, -0.25) is 9.59 Å². The highest BCUT2D eigenvalue weighted by Crippen LogP contribution is 2.35. The van der Waals surface area contributed by atoms with Crippen LogP contribution in [0.4, 0.5) is 0 Å². The third-order valence-corrected chi connectivity index (χ3v) is 4.80. The zero-order valence-corrected chi connectivity index (χ0v) is 12.0. The number of nitrogens with one attached hydrogen (secondary N) is 1. The molecule has 2 N–H and O–H groups in total. The summed E-state index contributed by atoms with van der Waals surface area (Å²) in [4.78, 5) is 22.7. The fraction of sp³-hybridized carbons (Fsp3) is 0.455. The van der Waals surface area contributed by atoms with Crippen LogP contribution >= 0.6 is 33.9 Å². The predicted octanol–water partition coefficient (Wildman–Crippen LogP) is 2.48. The molecule has 0 spiro atoms. The number of carboxylic acid groups (broad SMARTS) is 1. The maximum atomic E-state index is 11.9. The lowest BCUT2D eigenvalue weighted by Crippen LogP contribution is -2.54. The molecule has 0 unspecified atom stereocenters. The van der Waals surface area contributed by atoms with Crippen LogP contribution in [0.2, 0.25) is 0 Å². The van der Waals surface area contributed by atoms with Gasteiger partial charge in [0.25, 0.3) is 5.91 Å². The van der Waals surface area contributed by atoms with Crippen molar-refractivity contribution in [2.45, 2.75) is 31.2 Å². The second-order valence-corrected chi connectivity index (χ2v) is 7.10. The van der Waals surface area contributed by atoms with E-state index in [2.05, 4.69) is 27.9 Å². The second-order valence-electron chi connectivity index (χ2n) is 4.30. The number of rotatable bonds is 4. The predicted molar refractivity (Wildman–Crippen MR) is 73.3 cm³/mol. The Morgan fingerprint density at radius 3 is 2.65 bits per heavy atom. The molecule has 1 aromatic heterocycles. The van der Waals surface area contributed by atoms with E-state index in [4.69, 9.17) is 5.11 Å². The number of hydrogen-bond donors (Lipinski definition) is 2. The van der Waals surface area contributed by atoms with Crippen molar-refractivity contribution in [2.24, 2.45) is 0 Å². The van der Waals surface area contributed by atoms with Crippen molar-refractivity contribution in [3.05, 3.63) is 19.9 Å².